The van der Waals surface area contributed by atoms with Crippen molar-refractivity contribution in [2.75, 3.05) is 67.1 Å². The maximum atomic E-state index is 13.0. The molecule has 4 fully saturated rings. The second-order valence-corrected chi connectivity index (χ2v) is 15.2. The van der Waals surface area contributed by atoms with Crippen LogP contribution in [0.4, 0.5) is 22.1 Å². The molecule has 3 saturated heterocycles. The summed E-state index contributed by atoms with van der Waals surface area (Å²) in [5.74, 6) is 2.26. The summed E-state index contributed by atoms with van der Waals surface area (Å²) in [6.07, 6.45) is 9.31. The van der Waals surface area contributed by atoms with Crippen molar-refractivity contribution in [2.45, 2.75) is 57.1 Å². The molecule has 2 N–H and O–H groups in total. The number of hydrogen-bond donors (Lipinski definition) is 2. The van der Waals surface area contributed by atoms with E-state index in [-0.39, 0.29) is 30.4 Å². The molecule has 4 aliphatic rings. The first kappa shape index (κ1) is 36.5. The Bertz CT molecular complexity index is 2080. The molecule has 0 atom stereocenters. The predicted molar refractivity (Wildman–Crippen MR) is 207 cm³/mol. The van der Waals surface area contributed by atoms with Gasteiger partial charge in [-0.15, -0.1) is 10.2 Å². The zero-order chi connectivity index (χ0) is 37.9. The summed E-state index contributed by atoms with van der Waals surface area (Å²) in [6.45, 7) is 7.08. The normalized spacial score (nSPS) is 21.3. The number of aromatic nitrogens is 4. The first-order chi connectivity index (χ1) is 26.8. The number of anilines is 3. The minimum absolute atomic E-state index is 0.0330. The molecule has 0 spiro atoms. The van der Waals surface area contributed by atoms with Gasteiger partial charge >= 0.3 is 6.03 Å². The highest BCUT2D eigenvalue weighted by Gasteiger charge is 2.29. The second-order valence-electron chi connectivity index (χ2n) is 14.8. The van der Waals surface area contributed by atoms with E-state index in [1.54, 1.807) is 35.4 Å². The summed E-state index contributed by atoms with van der Waals surface area (Å²) in [7, 11) is 0. The van der Waals surface area contributed by atoms with Crippen LogP contribution in [0, 0.1) is 17.2 Å². The van der Waals surface area contributed by atoms with Gasteiger partial charge in [0.1, 0.15) is 23.3 Å². The number of amides is 4. The molecule has 4 aromatic rings. The van der Waals surface area contributed by atoms with Crippen LogP contribution in [0.3, 0.4) is 0 Å². The van der Waals surface area contributed by atoms with Crippen molar-refractivity contribution in [3.05, 3.63) is 71.1 Å². The molecule has 0 bridgehead atoms. The highest BCUT2D eigenvalue weighted by atomic mass is 35.5. The third-order valence-corrected chi connectivity index (χ3v) is 11.6. The van der Waals surface area contributed by atoms with Crippen LogP contribution in [0.2, 0.25) is 5.02 Å². The molecule has 6 heterocycles. The molecule has 15 nitrogen and oxygen atoms in total. The van der Waals surface area contributed by atoms with Gasteiger partial charge in [-0.1, -0.05) is 11.6 Å². The average Bonchev–Trinajstić information content (AvgIpc) is 3.62. The molecule has 1 saturated carbocycles. The number of piperazine rings is 1. The zero-order valence-corrected chi connectivity index (χ0v) is 31.3. The van der Waals surface area contributed by atoms with E-state index < -0.39 is 6.03 Å². The first-order valence-electron chi connectivity index (χ1n) is 19.1. The van der Waals surface area contributed by atoms with E-state index in [4.69, 9.17) is 21.6 Å². The van der Waals surface area contributed by atoms with Crippen molar-refractivity contribution in [2.24, 2.45) is 5.92 Å². The lowest BCUT2D eigenvalue weighted by Crippen LogP contribution is -2.50. The first-order valence-corrected chi connectivity index (χ1v) is 19.5. The monoisotopic (exact) mass is 765 g/mol. The van der Waals surface area contributed by atoms with E-state index in [9.17, 15) is 14.4 Å². The van der Waals surface area contributed by atoms with Crippen LogP contribution in [0.15, 0.2) is 54.9 Å². The Kier molecular flexibility index (Phi) is 10.7. The topological polar surface area (TPSA) is 164 Å². The molecule has 286 valence electrons. The van der Waals surface area contributed by atoms with Gasteiger partial charge in [0.15, 0.2) is 11.5 Å². The number of urea groups is 1. The standard InChI is InChI=1S/C39H44ClN11O4/c40-32-22-31(4-1-27(32)23-41)55-30-5-2-28(3-6-30)43-38(53)33-7-8-34(46-45-33)49-13-9-26(10-14-49)25-47-17-19-48(20-18-47)29-11-15-50-35(21-29)42-24-37(50)51-16-12-36(52)44-39(51)54/h1,4,7-8,11,15,21-22,24,26,28,30H,2-3,5-6,9-10,12-14,16-20,25H2,(H,43,53)(H,44,52,54). The van der Waals surface area contributed by atoms with Crippen LogP contribution in [0.5, 0.6) is 5.75 Å². The number of pyridine rings is 1. The number of imidazole rings is 1. The SMILES string of the molecule is N#Cc1ccc(OC2CCC(NC(=O)c3ccc(N4CCC(CN5CCN(c6ccn7c(N8CCC(=O)NC8=O)cnc7c6)CC5)CC4)nn3)CC2)cc1Cl. The predicted octanol–water partition coefficient (Wildman–Crippen LogP) is 4.25. The number of nitrogens with one attached hydrogen (secondary N) is 2. The molecule has 1 aromatic carbocycles. The van der Waals surface area contributed by atoms with Gasteiger partial charge in [-0.25, -0.2) is 9.78 Å². The lowest BCUT2D eigenvalue weighted by Gasteiger charge is -2.39. The van der Waals surface area contributed by atoms with Crippen LogP contribution in [-0.2, 0) is 4.79 Å². The van der Waals surface area contributed by atoms with E-state index in [0.717, 1.165) is 101 Å². The Morgan fingerprint density at radius 3 is 2.44 bits per heavy atom. The van der Waals surface area contributed by atoms with Crippen LogP contribution >= 0.6 is 11.6 Å². The largest absolute Gasteiger partial charge is 0.490 e. The molecule has 0 radical (unpaired) electrons. The number of halogens is 1. The van der Waals surface area contributed by atoms with E-state index in [2.05, 4.69) is 58.7 Å². The van der Waals surface area contributed by atoms with Gasteiger partial charge in [-0.3, -0.25) is 29.1 Å². The molecule has 55 heavy (non-hydrogen) atoms. The molecule has 3 aromatic heterocycles. The minimum atomic E-state index is -0.416. The zero-order valence-electron chi connectivity index (χ0n) is 30.6. The van der Waals surface area contributed by atoms with Crippen molar-refractivity contribution in [3.8, 4) is 11.8 Å². The van der Waals surface area contributed by atoms with Crippen molar-refractivity contribution in [1.82, 2.24) is 35.1 Å². The molecule has 3 aliphatic heterocycles. The van der Waals surface area contributed by atoms with E-state index in [1.807, 2.05) is 16.7 Å². The highest BCUT2D eigenvalue weighted by Crippen LogP contribution is 2.29. The van der Waals surface area contributed by atoms with Gasteiger partial charge in [-0.2, -0.15) is 5.26 Å². The van der Waals surface area contributed by atoms with Crippen LogP contribution in [0.1, 0.15) is 61.0 Å². The lowest BCUT2D eigenvalue weighted by atomic mass is 9.93. The van der Waals surface area contributed by atoms with Gasteiger partial charge < -0.3 is 19.9 Å². The summed E-state index contributed by atoms with van der Waals surface area (Å²) < 4.78 is 7.97. The van der Waals surface area contributed by atoms with Crippen molar-refractivity contribution >= 4 is 52.4 Å². The van der Waals surface area contributed by atoms with E-state index in [0.29, 0.717) is 40.3 Å². The van der Waals surface area contributed by atoms with Crippen LogP contribution in [-0.4, -0.2) is 107 Å². The van der Waals surface area contributed by atoms with E-state index >= 15 is 0 Å². The summed E-state index contributed by atoms with van der Waals surface area (Å²) in [6, 6.07) is 14.6. The van der Waals surface area contributed by atoms with E-state index in [1.165, 1.54) is 0 Å². The Balaban J connectivity index is 0.748. The molecule has 4 amide bonds. The third kappa shape index (κ3) is 8.30. The lowest BCUT2D eigenvalue weighted by molar-refractivity contribution is -0.120. The number of carbonyl (C=O) groups is 3. The molecule has 0 unspecified atom stereocenters. The quantitative estimate of drug-likeness (QED) is 0.250. The van der Waals surface area contributed by atoms with Gasteiger partial charge in [0.25, 0.3) is 5.91 Å². The fourth-order valence-corrected chi connectivity index (χ4v) is 8.30. The smallest absolute Gasteiger partial charge is 0.329 e. The average molecular weight is 766 g/mol. The second kappa shape index (κ2) is 16.1. The van der Waals surface area contributed by atoms with Gasteiger partial charge in [0.05, 0.1) is 22.9 Å². The Morgan fingerprint density at radius 2 is 1.73 bits per heavy atom. The van der Waals surface area contributed by atoms with Crippen LogP contribution in [0.25, 0.3) is 5.65 Å². The van der Waals surface area contributed by atoms with Crippen molar-refractivity contribution in [1.29, 1.82) is 5.26 Å². The Labute approximate surface area is 324 Å². The number of fused-ring (bicyclic) bond motifs is 1. The van der Waals surface area contributed by atoms with Gasteiger partial charge in [0, 0.05) is 88.8 Å². The summed E-state index contributed by atoms with van der Waals surface area (Å²) in [5, 5.41) is 23.7. The number of piperidine rings is 1. The Hall–Kier alpha value is -5.46. The fraction of sp³-hybridized carbons (Fsp3) is 0.462. The molecular formula is C39H44ClN11O4. The summed E-state index contributed by atoms with van der Waals surface area (Å²) in [5.41, 5.74) is 2.63. The maximum Gasteiger partial charge on any atom is 0.329 e. The number of rotatable bonds is 9. The summed E-state index contributed by atoms with van der Waals surface area (Å²) in [4.78, 5) is 50.3. The molecule has 8 rings (SSSR count). The number of nitriles is 1. The number of nitrogens with zero attached hydrogens (tertiary/aromatic N) is 9. The van der Waals surface area contributed by atoms with Gasteiger partial charge in [-0.05, 0) is 74.8 Å². The number of carbonyl (C=O) groups excluding carboxylic acids is 3. The fourth-order valence-electron chi connectivity index (χ4n) is 8.09. The van der Waals surface area contributed by atoms with Crippen molar-refractivity contribution < 1.29 is 19.1 Å². The third-order valence-electron chi connectivity index (χ3n) is 11.3. The van der Waals surface area contributed by atoms with Gasteiger partial charge in [0.2, 0.25) is 5.91 Å². The Morgan fingerprint density at radius 1 is 0.927 bits per heavy atom. The number of hydrogen-bond acceptors (Lipinski definition) is 11. The maximum absolute atomic E-state index is 13.0. The molecular weight excluding hydrogens is 722 g/mol. The number of ether oxygens (including phenoxy) is 1. The van der Waals surface area contributed by atoms with Crippen molar-refractivity contribution in [3.63, 3.8) is 0 Å². The highest BCUT2D eigenvalue weighted by molar-refractivity contribution is 6.31. The molecule has 1 aliphatic carbocycles. The molecule has 16 heteroatoms. The summed E-state index contributed by atoms with van der Waals surface area (Å²) >= 11 is 6.15. The number of benzene rings is 1. The number of imide groups is 1. The minimum Gasteiger partial charge on any atom is -0.490 e. The van der Waals surface area contributed by atoms with Crippen LogP contribution < -0.4 is 30.1 Å².